The van der Waals surface area contributed by atoms with Gasteiger partial charge in [0.05, 0.1) is 31.0 Å². The number of hydrogen-bond acceptors (Lipinski definition) is 7. The van der Waals surface area contributed by atoms with Crippen molar-refractivity contribution in [1.82, 2.24) is 4.98 Å². The molecule has 174 valence electrons. The molecule has 1 amide bonds. The SMILES string of the molecule is COC(=O)C(=O)N(c1ccccc1)c1ncccc1C(=O)CCc1ccc(C(=O)O)cc1OC. The molecule has 0 saturated carbocycles. The molecule has 0 unspecified atom stereocenters. The Hall–Kier alpha value is -4.53. The molecule has 9 nitrogen and oxygen atoms in total. The van der Waals surface area contributed by atoms with E-state index >= 15 is 0 Å². The number of pyridine rings is 1. The summed E-state index contributed by atoms with van der Waals surface area (Å²) in [6, 6.07) is 15.8. The van der Waals surface area contributed by atoms with E-state index in [1.54, 1.807) is 42.5 Å². The summed E-state index contributed by atoms with van der Waals surface area (Å²) in [7, 11) is 2.51. The quantitative estimate of drug-likeness (QED) is 0.307. The van der Waals surface area contributed by atoms with Gasteiger partial charge in [-0.25, -0.2) is 14.6 Å². The van der Waals surface area contributed by atoms with Crippen molar-refractivity contribution in [3.63, 3.8) is 0 Å². The molecule has 1 N–H and O–H groups in total. The van der Waals surface area contributed by atoms with E-state index in [1.807, 2.05) is 0 Å². The summed E-state index contributed by atoms with van der Waals surface area (Å²) < 4.78 is 9.87. The average Bonchev–Trinajstić information content (AvgIpc) is 2.87. The number of methoxy groups -OCH3 is 2. The van der Waals surface area contributed by atoms with Crippen LogP contribution in [0.5, 0.6) is 5.75 Å². The minimum atomic E-state index is -1.10. The van der Waals surface area contributed by atoms with Gasteiger partial charge >= 0.3 is 17.8 Å². The summed E-state index contributed by atoms with van der Waals surface area (Å²) in [5.74, 6) is -3.15. The van der Waals surface area contributed by atoms with Gasteiger partial charge in [0.2, 0.25) is 0 Å². The minimum absolute atomic E-state index is 0.00212. The van der Waals surface area contributed by atoms with Crippen molar-refractivity contribution >= 4 is 35.1 Å². The Bertz CT molecular complexity index is 1220. The number of aromatic nitrogens is 1. The van der Waals surface area contributed by atoms with E-state index in [0.29, 0.717) is 17.0 Å². The standard InChI is InChI=1S/C25H22N2O7/c1-33-21-15-17(24(30)31)11-10-16(21)12-13-20(28)19-9-6-14-26-22(19)27(23(29)25(32)34-2)18-7-4-3-5-8-18/h3-11,14-15H,12-13H2,1-2H3,(H,30,31). The molecule has 1 aromatic heterocycles. The van der Waals surface area contributed by atoms with Crippen LogP contribution < -0.4 is 9.64 Å². The number of benzene rings is 2. The third-order valence-corrected chi connectivity index (χ3v) is 5.03. The summed E-state index contributed by atoms with van der Waals surface area (Å²) in [5.41, 5.74) is 1.21. The number of aryl methyl sites for hydroxylation is 1. The number of rotatable bonds is 8. The molecular formula is C25H22N2O7. The number of aromatic carboxylic acids is 1. The molecule has 0 bridgehead atoms. The molecule has 2 aromatic carbocycles. The van der Waals surface area contributed by atoms with Gasteiger partial charge in [-0.1, -0.05) is 24.3 Å². The van der Waals surface area contributed by atoms with E-state index in [9.17, 15) is 19.2 Å². The third kappa shape index (κ3) is 5.26. The summed E-state index contributed by atoms with van der Waals surface area (Å²) in [6.45, 7) is 0. The average molecular weight is 462 g/mol. The van der Waals surface area contributed by atoms with E-state index in [0.717, 1.165) is 12.0 Å². The van der Waals surface area contributed by atoms with Crippen molar-refractivity contribution in [2.24, 2.45) is 0 Å². The Labute approximate surface area is 195 Å². The molecule has 3 rings (SSSR count). The Balaban J connectivity index is 1.93. The number of para-hydroxylation sites is 1. The fourth-order valence-corrected chi connectivity index (χ4v) is 3.35. The number of esters is 1. The van der Waals surface area contributed by atoms with Gasteiger partial charge in [-0.05, 0) is 48.4 Å². The molecule has 1 heterocycles. The molecular weight excluding hydrogens is 440 g/mol. The molecule has 0 atom stereocenters. The van der Waals surface area contributed by atoms with Crippen molar-refractivity contribution in [3.8, 4) is 5.75 Å². The predicted molar refractivity (Wildman–Crippen MR) is 122 cm³/mol. The highest BCUT2D eigenvalue weighted by molar-refractivity contribution is 6.40. The first-order chi connectivity index (χ1) is 16.4. The second-order valence-corrected chi connectivity index (χ2v) is 7.10. The molecule has 34 heavy (non-hydrogen) atoms. The number of carbonyl (C=O) groups is 4. The number of carbonyl (C=O) groups excluding carboxylic acids is 3. The van der Waals surface area contributed by atoms with Crippen LogP contribution >= 0.6 is 0 Å². The topological polar surface area (TPSA) is 123 Å². The van der Waals surface area contributed by atoms with Crippen LogP contribution in [0.2, 0.25) is 0 Å². The molecule has 0 aliphatic rings. The highest BCUT2D eigenvalue weighted by Gasteiger charge is 2.30. The van der Waals surface area contributed by atoms with E-state index in [4.69, 9.17) is 9.84 Å². The van der Waals surface area contributed by atoms with Gasteiger partial charge in [0, 0.05) is 12.6 Å². The van der Waals surface area contributed by atoms with Crippen LogP contribution in [0.25, 0.3) is 0 Å². The van der Waals surface area contributed by atoms with E-state index in [2.05, 4.69) is 9.72 Å². The van der Waals surface area contributed by atoms with Gasteiger partial charge in [0.15, 0.2) is 11.6 Å². The molecule has 0 radical (unpaired) electrons. The van der Waals surface area contributed by atoms with Gasteiger partial charge in [0.25, 0.3) is 0 Å². The largest absolute Gasteiger partial charge is 0.496 e. The Kier molecular flexibility index (Phi) is 7.71. The van der Waals surface area contributed by atoms with E-state index in [-0.39, 0.29) is 35.6 Å². The van der Waals surface area contributed by atoms with Gasteiger partial charge in [-0.15, -0.1) is 0 Å². The number of amides is 1. The first kappa shape index (κ1) is 24.1. The van der Waals surface area contributed by atoms with Gasteiger partial charge in [-0.2, -0.15) is 0 Å². The van der Waals surface area contributed by atoms with Gasteiger partial charge in [-0.3, -0.25) is 14.5 Å². The molecule has 0 spiro atoms. The van der Waals surface area contributed by atoms with Crippen LogP contribution in [-0.4, -0.2) is 47.9 Å². The zero-order valence-corrected chi connectivity index (χ0v) is 18.6. The van der Waals surface area contributed by atoms with Crippen molar-refractivity contribution in [1.29, 1.82) is 0 Å². The zero-order valence-electron chi connectivity index (χ0n) is 18.6. The second-order valence-electron chi connectivity index (χ2n) is 7.10. The number of Topliss-reactive ketones (excluding diaryl/α,β-unsaturated/α-hetero) is 1. The van der Waals surface area contributed by atoms with Crippen LogP contribution in [-0.2, 0) is 20.7 Å². The Morgan fingerprint density at radius 3 is 2.35 bits per heavy atom. The lowest BCUT2D eigenvalue weighted by molar-refractivity contribution is -0.151. The Morgan fingerprint density at radius 1 is 0.971 bits per heavy atom. The number of hydrogen-bond donors (Lipinski definition) is 1. The lowest BCUT2D eigenvalue weighted by Crippen LogP contribution is -2.35. The Morgan fingerprint density at radius 2 is 1.71 bits per heavy atom. The number of anilines is 2. The fourth-order valence-electron chi connectivity index (χ4n) is 3.35. The van der Waals surface area contributed by atoms with Crippen LogP contribution in [0.4, 0.5) is 11.5 Å². The lowest BCUT2D eigenvalue weighted by atomic mass is 10.0. The molecule has 0 aliphatic carbocycles. The zero-order chi connectivity index (χ0) is 24.7. The molecule has 0 aliphatic heterocycles. The second kappa shape index (κ2) is 10.9. The molecule has 0 saturated heterocycles. The summed E-state index contributed by atoms with van der Waals surface area (Å²) in [6.07, 6.45) is 1.70. The monoisotopic (exact) mass is 462 g/mol. The van der Waals surface area contributed by atoms with Crippen LogP contribution in [0.1, 0.15) is 32.7 Å². The van der Waals surface area contributed by atoms with Crippen molar-refractivity contribution in [3.05, 3.63) is 83.6 Å². The van der Waals surface area contributed by atoms with Gasteiger partial charge in [0.1, 0.15) is 5.75 Å². The normalized spacial score (nSPS) is 10.3. The molecule has 9 heteroatoms. The number of ketones is 1. The van der Waals surface area contributed by atoms with Crippen LogP contribution in [0.3, 0.4) is 0 Å². The molecule has 0 fully saturated rings. The minimum Gasteiger partial charge on any atom is -0.496 e. The first-order valence-corrected chi connectivity index (χ1v) is 10.2. The summed E-state index contributed by atoms with van der Waals surface area (Å²) in [5, 5.41) is 9.16. The van der Waals surface area contributed by atoms with Crippen molar-refractivity contribution in [2.75, 3.05) is 19.1 Å². The number of nitrogens with zero attached hydrogens (tertiary/aromatic N) is 2. The maximum Gasteiger partial charge on any atom is 0.397 e. The van der Waals surface area contributed by atoms with Crippen molar-refractivity contribution in [2.45, 2.75) is 12.8 Å². The lowest BCUT2D eigenvalue weighted by Gasteiger charge is -2.22. The predicted octanol–water partition coefficient (Wildman–Crippen LogP) is 3.44. The maximum atomic E-state index is 13.2. The molecule has 3 aromatic rings. The fraction of sp³-hybridized carbons (Fsp3) is 0.160. The van der Waals surface area contributed by atoms with Gasteiger partial charge < -0.3 is 14.6 Å². The summed E-state index contributed by atoms with van der Waals surface area (Å²) >= 11 is 0. The van der Waals surface area contributed by atoms with Crippen molar-refractivity contribution < 1.29 is 33.8 Å². The highest BCUT2D eigenvalue weighted by atomic mass is 16.5. The number of carboxylic acid groups (broad SMARTS) is 1. The first-order valence-electron chi connectivity index (χ1n) is 10.2. The van der Waals surface area contributed by atoms with Crippen LogP contribution in [0, 0.1) is 0 Å². The highest BCUT2D eigenvalue weighted by Crippen LogP contribution is 2.29. The van der Waals surface area contributed by atoms with E-state index in [1.165, 1.54) is 31.5 Å². The van der Waals surface area contributed by atoms with E-state index < -0.39 is 17.8 Å². The smallest absolute Gasteiger partial charge is 0.397 e. The summed E-state index contributed by atoms with van der Waals surface area (Å²) in [4.78, 5) is 54.5. The number of carboxylic acids is 1. The number of ether oxygens (including phenoxy) is 2. The third-order valence-electron chi connectivity index (χ3n) is 5.03. The van der Waals surface area contributed by atoms with Crippen LogP contribution in [0.15, 0.2) is 66.9 Å². The maximum absolute atomic E-state index is 13.2.